The van der Waals surface area contributed by atoms with Gasteiger partial charge in [0.1, 0.15) is 0 Å². The Kier molecular flexibility index (Phi) is 7.14. The van der Waals surface area contributed by atoms with Crippen LogP contribution in [0.3, 0.4) is 0 Å². The van der Waals surface area contributed by atoms with Crippen molar-refractivity contribution in [1.82, 2.24) is 4.90 Å². The molecule has 1 aliphatic rings. The smallest absolute Gasteiger partial charge is 0.0303 e. The minimum Gasteiger partial charge on any atom is -0.329 e. The van der Waals surface area contributed by atoms with Gasteiger partial charge >= 0.3 is 0 Å². The summed E-state index contributed by atoms with van der Waals surface area (Å²) in [4.78, 5) is 2.68. The topological polar surface area (TPSA) is 29.3 Å². The number of likely N-dealkylation sites (tertiary alicyclic amines) is 1. The van der Waals surface area contributed by atoms with Crippen molar-refractivity contribution in [2.45, 2.75) is 77.2 Å². The number of unbranched alkanes of at least 4 members (excludes halogenated alkanes) is 2. The van der Waals surface area contributed by atoms with E-state index >= 15 is 0 Å². The van der Waals surface area contributed by atoms with E-state index in [1.165, 1.54) is 70.9 Å². The molecular weight excluding hydrogens is 208 g/mol. The van der Waals surface area contributed by atoms with Crippen LogP contribution >= 0.6 is 0 Å². The van der Waals surface area contributed by atoms with Gasteiger partial charge in [0.25, 0.3) is 0 Å². The Bertz CT molecular complexity index is 185. The van der Waals surface area contributed by atoms with Crippen LogP contribution in [0.4, 0.5) is 0 Å². The zero-order chi connectivity index (χ0) is 12.6. The van der Waals surface area contributed by atoms with Gasteiger partial charge in [-0.3, -0.25) is 4.90 Å². The standard InChI is InChI=1S/C15H32N2/c1-3-4-8-11-15(2,14-16)17-12-9-6-5-7-10-13-17/h3-14,16H2,1-2H3. The van der Waals surface area contributed by atoms with Crippen molar-refractivity contribution < 1.29 is 0 Å². The minimum atomic E-state index is 0.256. The van der Waals surface area contributed by atoms with Crippen molar-refractivity contribution in [2.75, 3.05) is 19.6 Å². The van der Waals surface area contributed by atoms with Gasteiger partial charge < -0.3 is 5.73 Å². The second-order valence-electron chi connectivity index (χ2n) is 5.91. The van der Waals surface area contributed by atoms with Crippen molar-refractivity contribution in [1.29, 1.82) is 0 Å². The molecule has 1 heterocycles. The molecule has 1 unspecified atom stereocenters. The molecule has 0 aromatic carbocycles. The largest absolute Gasteiger partial charge is 0.329 e. The first-order chi connectivity index (χ1) is 8.23. The molecule has 0 amide bonds. The quantitative estimate of drug-likeness (QED) is 0.719. The molecular formula is C15H32N2. The van der Waals surface area contributed by atoms with Crippen molar-refractivity contribution in [2.24, 2.45) is 5.73 Å². The molecule has 1 saturated heterocycles. The van der Waals surface area contributed by atoms with E-state index in [4.69, 9.17) is 5.73 Å². The summed E-state index contributed by atoms with van der Waals surface area (Å²) in [7, 11) is 0. The molecule has 2 heteroatoms. The van der Waals surface area contributed by atoms with Crippen LogP contribution in [0.2, 0.25) is 0 Å². The lowest BCUT2D eigenvalue weighted by molar-refractivity contribution is 0.0886. The van der Waals surface area contributed by atoms with E-state index in [2.05, 4.69) is 18.7 Å². The summed E-state index contributed by atoms with van der Waals surface area (Å²) in [6, 6.07) is 0. The number of hydrogen-bond donors (Lipinski definition) is 1. The molecule has 0 spiro atoms. The second kappa shape index (κ2) is 8.10. The van der Waals surface area contributed by atoms with Crippen molar-refractivity contribution in [3.63, 3.8) is 0 Å². The maximum absolute atomic E-state index is 6.07. The van der Waals surface area contributed by atoms with Gasteiger partial charge in [0.15, 0.2) is 0 Å². The van der Waals surface area contributed by atoms with E-state index < -0.39 is 0 Å². The van der Waals surface area contributed by atoms with E-state index in [1.54, 1.807) is 0 Å². The summed E-state index contributed by atoms with van der Waals surface area (Å²) in [6.07, 6.45) is 12.2. The van der Waals surface area contributed by atoms with E-state index in [1.807, 2.05) is 0 Å². The van der Waals surface area contributed by atoms with Crippen molar-refractivity contribution in [3.8, 4) is 0 Å². The van der Waals surface area contributed by atoms with E-state index in [0.29, 0.717) is 0 Å². The number of nitrogens with two attached hydrogens (primary N) is 1. The van der Waals surface area contributed by atoms with Crippen LogP contribution in [0.25, 0.3) is 0 Å². The number of rotatable bonds is 6. The normalized spacial score (nSPS) is 22.8. The van der Waals surface area contributed by atoms with Gasteiger partial charge in [0, 0.05) is 12.1 Å². The third-order valence-corrected chi connectivity index (χ3v) is 4.38. The molecule has 0 aromatic rings. The number of nitrogens with zero attached hydrogens (tertiary/aromatic N) is 1. The fraction of sp³-hybridized carbons (Fsp3) is 1.00. The first-order valence-corrected chi connectivity index (χ1v) is 7.68. The van der Waals surface area contributed by atoms with Gasteiger partial charge in [-0.25, -0.2) is 0 Å². The highest BCUT2D eigenvalue weighted by atomic mass is 15.2. The Labute approximate surface area is 108 Å². The van der Waals surface area contributed by atoms with Crippen LogP contribution in [0.15, 0.2) is 0 Å². The molecule has 0 bridgehead atoms. The summed E-state index contributed by atoms with van der Waals surface area (Å²) < 4.78 is 0. The summed E-state index contributed by atoms with van der Waals surface area (Å²) in [6.45, 7) is 8.00. The third kappa shape index (κ3) is 4.97. The monoisotopic (exact) mass is 240 g/mol. The van der Waals surface area contributed by atoms with Gasteiger partial charge in [0.2, 0.25) is 0 Å². The summed E-state index contributed by atoms with van der Waals surface area (Å²) in [5.41, 5.74) is 6.32. The Balaban J connectivity index is 2.48. The molecule has 17 heavy (non-hydrogen) atoms. The van der Waals surface area contributed by atoms with Gasteiger partial charge in [0.05, 0.1) is 0 Å². The van der Waals surface area contributed by atoms with Crippen LogP contribution in [0.5, 0.6) is 0 Å². The summed E-state index contributed by atoms with van der Waals surface area (Å²) in [5.74, 6) is 0. The zero-order valence-corrected chi connectivity index (χ0v) is 12.0. The van der Waals surface area contributed by atoms with Crippen LogP contribution < -0.4 is 5.73 Å². The first-order valence-electron chi connectivity index (χ1n) is 7.68. The molecule has 0 radical (unpaired) electrons. The lowest BCUT2D eigenvalue weighted by atomic mass is 9.90. The van der Waals surface area contributed by atoms with Crippen LogP contribution in [0.1, 0.15) is 71.6 Å². The average molecular weight is 240 g/mol. The SMILES string of the molecule is CCCCCC(C)(CN)N1CCCCCCC1. The molecule has 1 fully saturated rings. The van der Waals surface area contributed by atoms with E-state index in [9.17, 15) is 0 Å². The van der Waals surface area contributed by atoms with Gasteiger partial charge in [-0.05, 0) is 39.3 Å². The summed E-state index contributed by atoms with van der Waals surface area (Å²) >= 11 is 0. The molecule has 0 aliphatic carbocycles. The Hall–Kier alpha value is -0.0800. The summed E-state index contributed by atoms with van der Waals surface area (Å²) in [5, 5.41) is 0. The molecule has 1 aliphatic heterocycles. The molecule has 1 rings (SSSR count). The minimum absolute atomic E-state index is 0.256. The lowest BCUT2D eigenvalue weighted by Crippen LogP contribution is -2.52. The van der Waals surface area contributed by atoms with Gasteiger partial charge in [-0.15, -0.1) is 0 Å². The molecule has 2 nitrogen and oxygen atoms in total. The highest BCUT2D eigenvalue weighted by Crippen LogP contribution is 2.24. The molecule has 1 atom stereocenters. The Morgan fingerprint density at radius 3 is 2.12 bits per heavy atom. The fourth-order valence-corrected chi connectivity index (χ4v) is 2.93. The molecule has 0 aromatic heterocycles. The molecule has 2 N–H and O–H groups in total. The van der Waals surface area contributed by atoms with E-state index in [-0.39, 0.29) is 5.54 Å². The zero-order valence-electron chi connectivity index (χ0n) is 12.0. The first kappa shape index (κ1) is 15.0. The Morgan fingerprint density at radius 1 is 1.00 bits per heavy atom. The number of hydrogen-bond acceptors (Lipinski definition) is 2. The highest BCUT2D eigenvalue weighted by Gasteiger charge is 2.29. The Morgan fingerprint density at radius 2 is 1.59 bits per heavy atom. The van der Waals surface area contributed by atoms with Gasteiger partial charge in [-0.1, -0.05) is 45.4 Å². The molecule has 102 valence electrons. The lowest BCUT2D eigenvalue weighted by Gasteiger charge is -2.42. The van der Waals surface area contributed by atoms with Crippen molar-refractivity contribution in [3.05, 3.63) is 0 Å². The van der Waals surface area contributed by atoms with Gasteiger partial charge in [-0.2, -0.15) is 0 Å². The highest BCUT2D eigenvalue weighted by molar-refractivity contribution is 4.87. The van der Waals surface area contributed by atoms with Crippen LogP contribution in [-0.4, -0.2) is 30.1 Å². The maximum atomic E-state index is 6.07. The van der Waals surface area contributed by atoms with Crippen LogP contribution in [0, 0.1) is 0 Å². The maximum Gasteiger partial charge on any atom is 0.0303 e. The van der Waals surface area contributed by atoms with Crippen LogP contribution in [-0.2, 0) is 0 Å². The molecule has 0 saturated carbocycles. The van der Waals surface area contributed by atoms with Crippen molar-refractivity contribution >= 4 is 0 Å². The van der Waals surface area contributed by atoms with E-state index in [0.717, 1.165) is 6.54 Å². The average Bonchev–Trinajstić information content (AvgIpc) is 2.28. The predicted octanol–water partition coefficient (Wildman–Crippen LogP) is 3.55. The third-order valence-electron chi connectivity index (χ3n) is 4.38. The second-order valence-corrected chi connectivity index (χ2v) is 5.91. The predicted molar refractivity (Wildman–Crippen MR) is 76.3 cm³/mol. The fourth-order valence-electron chi connectivity index (χ4n) is 2.93.